The van der Waals surface area contributed by atoms with Crippen LogP contribution in [0, 0.1) is 5.92 Å². The molecule has 1 aliphatic rings. The van der Waals surface area contributed by atoms with Gasteiger partial charge in [0.25, 0.3) is 0 Å². The Balaban J connectivity index is 1.39. The molecule has 0 unspecified atom stereocenters. The summed E-state index contributed by atoms with van der Waals surface area (Å²) >= 11 is 1.43. The second-order valence-electron chi connectivity index (χ2n) is 7.11. The van der Waals surface area contributed by atoms with Crippen LogP contribution in [0.2, 0.25) is 0 Å². The number of hydrogen-bond acceptors (Lipinski definition) is 7. The van der Waals surface area contributed by atoms with Crippen LogP contribution in [-0.2, 0) is 17.9 Å². The number of carbonyl (C=O) groups is 1. The van der Waals surface area contributed by atoms with Gasteiger partial charge in [0.05, 0.1) is 0 Å². The fourth-order valence-electron chi connectivity index (χ4n) is 2.73. The van der Waals surface area contributed by atoms with Gasteiger partial charge in [-0.1, -0.05) is 38.1 Å². The lowest BCUT2D eigenvalue weighted by atomic mass is 10.0. The number of aromatic nitrogens is 5. The van der Waals surface area contributed by atoms with Crippen LogP contribution in [0.4, 0.5) is 0 Å². The van der Waals surface area contributed by atoms with E-state index in [-0.39, 0.29) is 6.61 Å². The van der Waals surface area contributed by atoms with Crippen molar-refractivity contribution in [2.24, 2.45) is 5.92 Å². The van der Waals surface area contributed by atoms with Gasteiger partial charge in [-0.15, -0.1) is 16.4 Å². The van der Waals surface area contributed by atoms with Gasteiger partial charge in [0, 0.05) is 17.5 Å². The molecule has 2 heterocycles. The average molecular weight is 383 g/mol. The Hall–Kier alpha value is -2.61. The lowest BCUT2D eigenvalue weighted by molar-refractivity contribution is 0.0450. The van der Waals surface area contributed by atoms with Gasteiger partial charge in [-0.25, -0.2) is 14.5 Å². The van der Waals surface area contributed by atoms with Crippen molar-refractivity contribution in [3.8, 4) is 10.6 Å². The molecule has 0 aliphatic heterocycles. The zero-order valence-electron chi connectivity index (χ0n) is 15.3. The van der Waals surface area contributed by atoms with E-state index < -0.39 is 5.97 Å². The van der Waals surface area contributed by atoms with Gasteiger partial charge in [-0.05, 0) is 40.7 Å². The van der Waals surface area contributed by atoms with Crippen LogP contribution in [0.15, 0.2) is 29.6 Å². The predicted molar refractivity (Wildman–Crippen MR) is 101 cm³/mol. The number of tetrazole rings is 1. The van der Waals surface area contributed by atoms with Crippen LogP contribution in [0.25, 0.3) is 10.6 Å². The Bertz CT molecular complexity index is 928. The van der Waals surface area contributed by atoms with Crippen LogP contribution in [0.5, 0.6) is 0 Å². The van der Waals surface area contributed by atoms with Gasteiger partial charge in [-0.3, -0.25) is 0 Å². The monoisotopic (exact) mass is 383 g/mol. The number of benzene rings is 1. The van der Waals surface area contributed by atoms with E-state index in [1.54, 1.807) is 10.1 Å². The summed E-state index contributed by atoms with van der Waals surface area (Å²) in [7, 11) is 0. The highest BCUT2D eigenvalue weighted by atomic mass is 32.1. The number of hydrogen-bond donors (Lipinski definition) is 0. The van der Waals surface area contributed by atoms with E-state index in [0.717, 1.165) is 17.1 Å². The minimum atomic E-state index is -0.461. The molecule has 0 spiro atoms. The molecule has 27 heavy (non-hydrogen) atoms. The van der Waals surface area contributed by atoms with E-state index >= 15 is 0 Å². The summed E-state index contributed by atoms with van der Waals surface area (Å²) in [6.45, 7) is 5.16. The zero-order chi connectivity index (χ0) is 18.8. The number of ether oxygens (including phenoxy) is 1. The summed E-state index contributed by atoms with van der Waals surface area (Å²) in [4.78, 5) is 16.7. The van der Waals surface area contributed by atoms with Crippen molar-refractivity contribution in [2.45, 2.75) is 45.8 Å². The number of thiazole rings is 1. The third-order valence-corrected chi connectivity index (χ3v) is 5.50. The molecule has 0 saturated heterocycles. The molecule has 8 heteroatoms. The lowest BCUT2D eigenvalue weighted by Crippen LogP contribution is -2.12. The summed E-state index contributed by atoms with van der Waals surface area (Å²) in [5.74, 6) is 1.23. The Kier molecular flexibility index (Phi) is 4.98. The molecule has 3 aromatic rings. The number of rotatable bonds is 7. The van der Waals surface area contributed by atoms with Crippen LogP contribution in [0.1, 0.15) is 54.5 Å². The Morgan fingerprint density at radius 1 is 1.30 bits per heavy atom. The highest BCUT2D eigenvalue weighted by molar-refractivity contribution is 7.13. The molecule has 140 valence electrons. The standard InChI is InChI=1S/C19H21N5O2S/c1-12(2)14-5-7-15(8-6-14)18-20-16(11-27-18)19(25)26-10-17-21-22-23-24(17)9-13-3-4-13/h5-8,11-13H,3-4,9-10H2,1-2H3. The van der Waals surface area contributed by atoms with Crippen molar-refractivity contribution in [3.63, 3.8) is 0 Å². The number of carbonyl (C=O) groups excluding carboxylic acids is 1. The van der Waals surface area contributed by atoms with Crippen LogP contribution in [-0.4, -0.2) is 31.2 Å². The molecule has 0 N–H and O–H groups in total. The van der Waals surface area contributed by atoms with Gasteiger partial charge in [0.1, 0.15) is 5.01 Å². The summed E-state index contributed by atoms with van der Waals surface area (Å²) in [5, 5.41) is 14.1. The molecule has 0 bridgehead atoms. The second kappa shape index (κ2) is 7.56. The smallest absolute Gasteiger partial charge is 0.358 e. The topological polar surface area (TPSA) is 82.8 Å². The van der Waals surface area contributed by atoms with E-state index in [0.29, 0.717) is 23.4 Å². The SMILES string of the molecule is CC(C)c1ccc(-c2nc(C(=O)OCc3nnnn3CC3CC3)cs2)cc1. The zero-order valence-corrected chi connectivity index (χ0v) is 16.1. The van der Waals surface area contributed by atoms with Crippen molar-refractivity contribution in [3.05, 3.63) is 46.7 Å². The normalized spacial score (nSPS) is 13.9. The maximum absolute atomic E-state index is 12.3. The average Bonchev–Trinajstić information content (AvgIpc) is 3.17. The molecular weight excluding hydrogens is 362 g/mol. The van der Waals surface area contributed by atoms with Crippen molar-refractivity contribution >= 4 is 17.3 Å². The van der Waals surface area contributed by atoms with E-state index in [1.165, 1.54) is 29.7 Å². The molecule has 0 amide bonds. The molecule has 2 aromatic heterocycles. The summed E-state index contributed by atoms with van der Waals surface area (Å²) in [6.07, 6.45) is 2.41. The molecule has 1 aromatic carbocycles. The fraction of sp³-hybridized carbons (Fsp3) is 0.421. The van der Waals surface area contributed by atoms with Crippen molar-refractivity contribution < 1.29 is 9.53 Å². The Morgan fingerprint density at radius 2 is 2.07 bits per heavy atom. The number of nitrogens with zero attached hydrogens (tertiary/aromatic N) is 5. The van der Waals surface area contributed by atoms with Crippen molar-refractivity contribution in [2.75, 3.05) is 0 Å². The maximum atomic E-state index is 12.3. The summed E-state index contributed by atoms with van der Waals surface area (Å²) in [5.41, 5.74) is 2.58. The van der Waals surface area contributed by atoms with E-state index in [9.17, 15) is 4.79 Å². The molecule has 7 nitrogen and oxygen atoms in total. The largest absolute Gasteiger partial charge is 0.453 e. The van der Waals surface area contributed by atoms with Gasteiger partial charge in [-0.2, -0.15) is 0 Å². The van der Waals surface area contributed by atoms with Crippen LogP contribution >= 0.6 is 11.3 Å². The van der Waals surface area contributed by atoms with E-state index in [4.69, 9.17) is 4.74 Å². The molecule has 1 aliphatic carbocycles. The molecule has 0 atom stereocenters. The third kappa shape index (κ3) is 4.21. The fourth-order valence-corrected chi connectivity index (χ4v) is 3.52. The Morgan fingerprint density at radius 3 is 2.78 bits per heavy atom. The highest BCUT2D eigenvalue weighted by Gasteiger charge is 2.24. The van der Waals surface area contributed by atoms with Crippen molar-refractivity contribution in [1.82, 2.24) is 25.2 Å². The third-order valence-electron chi connectivity index (χ3n) is 4.60. The molecular formula is C19H21N5O2S. The molecule has 1 fully saturated rings. The van der Waals surface area contributed by atoms with Gasteiger partial charge in [0.15, 0.2) is 18.1 Å². The van der Waals surface area contributed by atoms with Crippen molar-refractivity contribution in [1.29, 1.82) is 0 Å². The number of esters is 1. The van der Waals surface area contributed by atoms with Crippen LogP contribution in [0.3, 0.4) is 0 Å². The minimum Gasteiger partial charge on any atom is -0.453 e. The lowest BCUT2D eigenvalue weighted by Gasteiger charge is -2.05. The Labute approximate surface area is 161 Å². The predicted octanol–water partition coefficient (Wildman–Crippen LogP) is 3.69. The minimum absolute atomic E-state index is 0.0501. The first-order valence-electron chi connectivity index (χ1n) is 9.08. The van der Waals surface area contributed by atoms with Gasteiger partial charge >= 0.3 is 5.97 Å². The van der Waals surface area contributed by atoms with Gasteiger partial charge in [0.2, 0.25) is 0 Å². The first-order valence-corrected chi connectivity index (χ1v) is 9.96. The second-order valence-corrected chi connectivity index (χ2v) is 7.97. The highest BCUT2D eigenvalue weighted by Crippen LogP contribution is 2.30. The molecule has 1 saturated carbocycles. The first kappa shape index (κ1) is 17.8. The van der Waals surface area contributed by atoms with E-state index in [2.05, 4.69) is 46.5 Å². The van der Waals surface area contributed by atoms with E-state index in [1.807, 2.05) is 12.1 Å². The first-order chi connectivity index (χ1) is 13.1. The maximum Gasteiger partial charge on any atom is 0.358 e. The molecule has 4 rings (SSSR count). The molecule has 0 radical (unpaired) electrons. The van der Waals surface area contributed by atoms with Crippen LogP contribution < -0.4 is 0 Å². The summed E-state index contributed by atoms with van der Waals surface area (Å²) < 4.78 is 7.07. The summed E-state index contributed by atoms with van der Waals surface area (Å²) in [6, 6.07) is 8.27. The quantitative estimate of drug-likeness (QED) is 0.579. The van der Waals surface area contributed by atoms with Gasteiger partial charge < -0.3 is 4.74 Å².